The minimum Gasteiger partial charge on any atom is -0.379 e. The molecule has 1 unspecified atom stereocenters. The third-order valence-corrected chi connectivity index (χ3v) is 7.42. The average Bonchev–Trinajstić information content (AvgIpc) is 3.05. The standard InChI is InChI=1S/C23H33N3O2/c27-23(26-15-18-1-2-19(16-26)4-3-18)20-5-7-21(8-6-20)25-10-9-22(17-25)24-11-13-28-14-12-24/h5-8,18-19,22H,1-4,9-17H2. The van der Waals surface area contributed by atoms with Crippen LogP contribution < -0.4 is 4.90 Å². The summed E-state index contributed by atoms with van der Waals surface area (Å²) in [7, 11) is 0. The van der Waals surface area contributed by atoms with Gasteiger partial charge in [-0.2, -0.15) is 0 Å². The Hall–Kier alpha value is -1.59. The Bertz CT molecular complexity index is 664. The van der Waals surface area contributed by atoms with Crippen LogP contribution in [0.2, 0.25) is 0 Å². The molecule has 0 radical (unpaired) electrons. The Morgan fingerprint density at radius 3 is 2.11 bits per heavy atom. The molecule has 4 saturated heterocycles. The van der Waals surface area contributed by atoms with Crippen molar-refractivity contribution in [2.75, 3.05) is 57.4 Å². The molecule has 4 aliphatic heterocycles. The highest BCUT2D eigenvalue weighted by Gasteiger charge is 2.32. The molecule has 1 atom stereocenters. The Kier molecular flexibility index (Phi) is 5.29. The summed E-state index contributed by atoms with van der Waals surface area (Å²) in [6, 6.07) is 9.04. The van der Waals surface area contributed by atoms with Crippen molar-refractivity contribution in [1.29, 1.82) is 0 Å². The van der Waals surface area contributed by atoms with Gasteiger partial charge in [0.25, 0.3) is 5.91 Å². The molecule has 5 nitrogen and oxygen atoms in total. The number of anilines is 1. The maximum absolute atomic E-state index is 13.1. The van der Waals surface area contributed by atoms with Crippen LogP contribution in [0, 0.1) is 11.8 Å². The van der Waals surface area contributed by atoms with E-state index in [2.05, 4.69) is 26.8 Å². The number of morpholine rings is 1. The lowest BCUT2D eigenvalue weighted by Gasteiger charge is -2.32. The minimum absolute atomic E-state index is 0.234. The minimum atomic E-state index is 0.234. The SMILES string of the molecule is O=C(c1ccc(N2CCC(N3CCOCC3)C2)cc1)N1CC2CCC(CC2)C1. The van der Waals surface area contributed by atoms with Gasteiger partial charge >= 0.3 is 0 Å². The van der Waals surface area contributed by atoms with Crippen LogP contribution in [0.25, 0.3) is 0 Å². The van der Waals surface area contributed by atoms with Gasteiger partial charge in [-0.3, -0.25) is 9.69 Å². The zero-order valence-corrected chi connectivity index (χ0v) is 16.9. The maximum atomic E-state index is 13.1. The first-order chi connectivity index (χ1) is 13.8. The first-order valence-corrected chi connectivity index (χ1v) is 11.2. The van der Waals surface area contributed by atoms with Gasteiger partial charge in [0, 0.05) is 56.6 Å². The number of rotatable bonds is 3. The third-order valence-electron chi connectivity index (χ3n) is 7.42. The molecular weight excluding hydrogens is 350 g/mol. The Morgan fingerprint density at radius 2 is 1.46 bits per heavy atom. The molecule has 4 heterocycles. The van der Waals surface area contributed by atoms with Crippen molar-refractivity contribution in [3.8, 4) is 0 Å². The highest BCUT2D eigenvalue weighted by molar-refractivity contribution is 5.94. The molecule has 28 heavy (non-hydrogen) atoms. The summed E-state index contributed by atoms with van der Waals surface area (Å²) >= 11 is 0. The molecule has 5 heteroatoms. The molecule has 0 spiro atoms. The van der Waals surface area contributed by atoms with Crippen LogP contribution in [0.1, 0.15) is 42.5 Å². The molecule has 1 aromatic rings. The first-order valence-electron chi connectivity index (χ1n) is 11.2. The van der Waals surface area contributed by atoms with Crippen LogP contribution in [-0.2, 0) is 4.74 Å². The van der Waals surface area contributed by atoms with Crippen LogP contribution in [0.15, 0.2) is 24.3 Å². The normalized spacial score (nSPS) is 31.2. The molecule has 0 N–H and O–H groups in total. The monoisotopic (exact) mass is 383 g/mol. The van der Waals surface area contributed by atoms with Crippen molar-refractivity contribution in [3.05, 3.63) is 29.8 Å². The smallest absolute Gasteiger partial charge is 0.253 e. The molecule has 1 aliphatic carbocycles. The van der Waals surface area contributed by atoms with Crippen molar-refractivity contribution in [2.24, 2.45) is 11.8 Å². The highest BCUT2D eigenvalue weighted by Crippen LogP contribution is 2.34. The second-order valence-electron chi connectivity index (χ2n) is 9.18. The number of nitrogens with zero attached hydrogens (tertiary/aromatic N) is 3. The quantitative estimate of drug-likeness (QED) is 0.804. The molecular formula is C23H33N3O2. The molecule has 2 bridgehead atoms. The maximum Gasteiger partial charge on any atom is 0.253 e. The summed E-state index contributed by atoms with van der Waals surface area (Å²) in [4.78, 5) is 20.2. The molecule has 5 fully saturated rings. The number of benzene rings is 1. The number of amides is 1. The molecule has 152 valence electrons. The van der Waals surface area contributed by atoms with E-state index >= 15 is 0 Å². The lowest BCUT2D eigenvalue weighted by atomic mass is 9.84. The van der Waals surface area contributed by atoms with Crippen LogP contribution in [0.4, 0.5) is 5.69 Å². The average molecular weight is 384 g/mol. The van der Waals surface area contributed by atoms with E-state index in [9.17, 15) is 4.79 Å². The molecule has 0 aromatic heterocycles. The predicted molar refractivity (Wildman–Crippen MR) is 111 cm³/mol. The van der Waals surface area contributed by atoms with Gasteiger partial charge in [0.2, 0.25) is 0 Å². The van der Waals surface area contributed by atoms with Gasteiger partial charge in [-0.1, -0.05) is 0 Å². The van der Waals surface area contributed by atoms with Crippen molar-refractivity contribution >= 4 is 11.6 Å². The van der Waals surface area contributed by atoms with E-state index in [-0.39, 0.29) is 5.91 Å². The highest BCUT2D eigenvalue weighted by atomic mass is 16.5. The fourth-order valence-electron chi connectivity index (χ4n) is 5.67. The van der Waals surface area contributed by atoms with Gasteiger partial charge in [0.15, 0.2) is 0 Å². The van der Waals surface area contributed by atoms with Crippen LogP contribution in [0.3, 0.4) is 0 Å². The lowest BCUT2D eigenvalue weighted by Crippen LogP contribution is -2.44. The van der Waals surface area contributed by atoms with E-state index in [4.69, 9.17) is 4.74 Å². The second-order valence-corrected chi connectivity index (χ2v) is 9.18. The Balaban J connectivity index is 1.21. The summed E-state index contributed by atoms with van der Waals surface area (Å²) in [6.07, 6.45) is 6.47. The van der Waals surface area contributed by atoms with Crippen molar-refractivity contribution in [1.82, 2.24) is 9.80 Å². The Morgan fingerprint density at radius 1 is 0.821 bits per heavy atom. The molecule has 5 aliphatic rings. The predicted octanol–water partition coefficient (Wildman–Crippen LogP) is 2.86. The summed E-state index contributed by atoms with van der Waals surface area (Å²) in [6.45, 7) is 7.97. The van der Waals surface area contributed by atoms with E-state index in [1.54, 1.807) is 0 Å². The van der Waals surface area contributed by atoms with Gasteiger partial charge in [-0.05, 0) is 68.2 Å². The lowest BCUT2D eigenvalue weighted by molar-refractivity contribution is 0.0209. The molecule has 1 aromatic carbocycles. The zero-order chi connectivity index (χ0) is 18.9. The number of fused-ring (bicyclic) bond motifs is 4. The molecule has 1 amide bonds. The van der Waals surface area contributed by atoms with Gasteiger partial charge in [-0.25, -0.2) is 0 Å². The van der Waals surface area contributed by atoms with Crippen molar-refractivity contribution in [2.45, 2.75) is 38.1 Å². The van der Waals surface area contributed by atoms with Crippen LogP contribution in [0.5, 0.6) is 0 Å². The number of carbonyl (C=O) groups excluding carboxylic acids is 1. The summed E-state index contributed by atoms with van der Waals surface area (Å²) < 4.78 is 5.49. The van der Waals surface area contributed by atoms with Crippen LogP contribution in [-0.4, -0.2) is 74.2 Å². The van der Waals surface area contributed by atoms with Gasteiger partial charge in [0.1, 0.15) is 0 Å². The summed E-state index contributed by atoms with van der Waals surface area (Å²) in [5.41, 5.74) is 2.11. The van der Waals surface area contributed by atoms with E-state index in [1.807, 2.05) is 12.1 Å². The van der Waals surface area contributed by atoms with Crippen molar-refractivity contribution in [3.63, 3.8) is 0 Å². The van der Waals surface area contributed by atoms with Gasteiger partial charge < -0.3 is 14.5 Å². The van der Waals surface area contributed by atoms with Crippen molar-refractivity contribution < 1.29 is 9.53 Å². The number of carbonyl (C=O) groups is 1. The second kappa shape index (κ2) is 8.03. The number of ether oxygens (including phenoxy) is 1. The van der Waals surface area contributed by atoms with Gasteiger partial charge in [0.05, 0.1) is 13.2 Å². The first kappa shape index (κ1) is 18.4. The topological polar surface area (TPSA) is 36.0 Å². The van der Waals surface area contributed by atoms with E-state index in [1.165, 1.54) is 37.8 Å². The summed E-state index contributed by atoms with van der Waals surface area (Å²) in [5.74, 6) is 1.69. The summed E-state index contributed by atoms with van der Waals surface area (Å²) in [5, 5.41) is 0. The molecule has 1 saturated carbocycles. The number of hydrogen-bond donors (Lipinski definition) is 0. The zero-order valence-electron chi connectivity index (χ0n) is 16.9. The fourth-order valence-corrected chi connectivity index (χ4v) is 5.67. The van der Waals surface area contributed by atoms with E-state index in [0.29, 0.717) is 6.04 Å². The largest absolute Gasteiger partial charge is 0.379 e. The van der Waals surface area contributed by atoms with E-state index < -0.39 is 0 Å². The Labute approximate surface area is 168 Å². The third kappa shape index (κ3) is 3.79. The van der Waals surface area contributed by atoms with Gasteiger partial charge in [-0.15, -0.1) is 0 Å². The van der Waals surface area contributed by atoms with Crippen LogP contribution >= 0.6 is 0 Å². The fraction of sp³-hybridized carbons (Fsp3) is 0.696. The molecule has 6 rings (SSSR count). The van der Waals surface area contributed by atoms with E-state index in [0.717, 1.165) is 69.9 Å². The number of hydrogen-bond acceptors (Lipinski definition) is 4.